The molecule has 2 heterocycles. The Balaban J connectivity index is 1.82. The van der Waals surface area contributed by atoms with Gasteiger partial charge in [-0.25, -0.2) is 8.42 Å². The molecule has 1 saturated heterocycles. The van der Waals surface area contributed by atoms with E-state index in [9.17, 15) is 18.0 Å². The summed E-state index contributed by atoms with van der Waals surface area (Å²) in [7, 11) is -0.158. The second kappa shape index (κ2) is 10.4. The van der Waals surface area contributed by atoms with Gasteiger partial charge in [0, 0.05) is 31.5 Å². The molecular weight excluding hydrogens is 475 g/mol. The van der Waals surface area contributed by atoms with Crippen molar-refractivity contribution in [3.63, 3.8) is 0 Å². The number of halogens is 2. The molecule has 0 bridgehead atoms. The minimum absolute atomic E-state index is 0.0851. The van der Waals surface area contributed by atoms with Crippen LogP contribution in [0.25, 0.3) is 0 Å². The van der Waals surface area contributed by atoms with Crippen LogP contribution in [0.5, 0.6) is 0 Å². The summed E-state index contributed by atoms with van der Waals surface area (Å²) in [6, 6.07) is 3.43. The predicted octanol–water partition coefficient (Wildman–Crippen LogP) is 2.68. The third-order valence-electron chi connectivity index (χ3n) is 5.93. The van der Waals surface area contributed by atoms with Gasteiger partial charge >= 0.3 is 0 Å². The Morgan fingerprint density at radius 3 is 2.66 bits per heavy atom. The van der Waals surface area contributed by atoms with E-state index in [1.807, 2.05) is 14.1 Å². The predicted molar refractivity (Wildman–Crippen MR) is 124 cm³/mol. The number of nitrogens with one attached hydrogen (secondary N) is 1. The van der Waals surface area contributed by atoms with Crippen molar-refractivity contribution in [2.75, 3.05) is 27.2 Å². The molecule has 1 aromatic carbocycles. The summed E-state index contributed by atoms with van der Waals surface area (Å²) in [6.07, 6.45) is 5.99. The topological polar surface area (TPSA) is 90.0 Å². The molecule has 176 valence electrons. The number of benzene rings is 1. The van der Waals surface area contributed by atoms with Gasteiger partial charge in [0.05, 0.1) is 16.5 Å². The quantitative estimate of drug-likeness (QED) is 0.668. The zero-order valence-corrected chi connectivity index (χ0v) is 20.5. The molecule has 2 amide bonds. The van der Waals surface area contributed by atoms with E-state index >= 15 is 0 Å². The van der Waals surface area contributed by atoms with Gasteiger partial charge < -0.3 is 15.1 Å². The SMILES string of the molecule is CN(C)C1CCCCN(C(=O)C[C@@H]2C(=O)NC=CN2S(=O)(=O)c2cccc(Cl)c2Cl)CC1. The maximum atomic E-state index is 13.3. The molecule has 0 saturated carbocycles. The molecule has 32 heavy (non-hydrogen) atoms. The number of amides is 2. The normalized spacial score (nSPS) is 22.5. The van der Waals surface area contributed by atoms with Crippen molar-refractivity contribution in [2.45, 2.75) is 49.1 Å². The summed E-state index contributed by atoms with van der Waals surface area (Å²) in [5, 5.41) is 2.46. The molecule has 0 aromatic heterocycles. The fraction of sp³-hybridized carbons (Fsp3) is 0.524. The first-order valence-corrected chi connectivity index (χ1v) is 12.7. The Morgan fingerprint density at radius 2 is 1.94 bits per heavy atom. The highest BCUT2D eigenvalue weighted by Gasteiger charge is 2.39. The summed E-state index contributed by atoms with van der Waals surface area (Å²) < 4.78 is 27.5. The van der Waals surface area contributed by atoms with Gasteiger partial charge in [-0.2, -0.15) is 0 Å². The summed E-state index contributed by atoms with van der Waals surface area (Å²) in [5.74, 6) is -0.821. The second-order valence-electron chi connectivity index (χ2n) is 8.21. The smallest absolute Gasteiger partial charge is 0.266 e. The zero-order chi connectivity index (χ0) is 23.5. The first kappa shape index (κ1) is 24.8. The maximum Gasteiger partial charge on any atom is 0.266 e. The summed E-state index contributed by atoms with van der Waals surface area (Å²) in [5.41, 5.74) is 0. The van der Waals surface area contributed by atoms with Gasteiger partial charge in [0.2, 0.25) is 11.8 Å². The van der Waals surface area contributed by atoms with Gasteiger partial charge in [-0.15, -0.1) is 0 Å². The van der Waals surface area contributed by atoms with Gasteiger partial charge in [0.15, 0.2) is 0 Å². The lowest BCUT2D eigenvalue weighted by Crippen LogP contribution is -2.51. The van der Waals surface area contributed by atoms with Crippen molar-refractivity contribution in [3.8, 4) is 0 Å². The highest BCUT2D eigenvalue weighted by molar-refractivity contribution is 7.89. The number of hydrogen-bond acceptors (Lipinski definition) is 5. The molecule has 0 aliphatic carbocycles. The molecule has 3 rings (SSSR count). The molecule has 1 aromatic rings. The second-order valence-corrected chi connectivity index (χ2v) is 10.8. The molecule has 1 unspecified atom stereocenters. The third kappa shape index (κ3) is 5.39. The van der Waals surface area contributed by atoms with E-state index in [1.165, 1.54) is 30.6 Å². The first-order chi connectivity index (χ1) is 15.1. The summed E-state index contributed by atoms with van der Waals surface area (Å²) in [4.78, 5) is 29.4. The number of nitrogens with zero attached hydrogens (tertiary/aromatic N) is 3. The van der Waals surface area contributed by atoms with Crippen molar-refractivity contribution in [3.05, 3.63) is 40.6 Å². The van der Waals surface area contributed by atoms with Crippen LogP contribution in [0.3, 0.4) is 0 Å². The Kier molecular flexibility index (Phi) is 8.08. The van der Waals surface area contributed by atoms with Crippen molar-refractivity contribution in [2.24, 2.45) is 0 Å². The first-order valence-electron chi connectivity index (χ1n) is 10.5. The minimum Gasteiger partial charge on any atom is -0.343 e. The minimum atomic E-state index is -4.21. The molecule has 11 heteroatoms. The highest BCUT2D eigenvalue weighted by Crippen LogP contribution is 2.33. The van der Waals surface area contributed by atoms with Gasteiger partial charge in [-0.05, 0) is 45.5 Å². The van der Waals surface area contributed by atoms with Crippen LogP contribution in [-0.2, 0) is 19.6 Å². The van der Waals surface area contributed by atoms with Crippen molar-refractivity contribution < 1.29 is 18.0 Å². The Bertz CT molecular complexity index is 1000. The fourth-order valence-electron chi connectivity index (χ4n) is 4.04. The number of carbonyl (C=O) groups is 2. The van der Waals surface area contributed by atoms with E-state index in [0.717, 1.165) is 30.0 Å². The van der Waals surface area contributed by atoms with E-state index in [-0.39, 0.29) is 27.3 Å². The van der Waals surface area contributed by atoms with Crippen LogP contribution in [0.4, 0.5) is 0 Å². The lowest BCUT2D eigenvalue weighted by molar-refractivity contribution is -0.136. The van der Waals surface area contributed by atoms with Crippen LogP contribution in [0.1, 0.15) is 32.1 Å². The van der Waals surface area contributed by atoms with Crippen LogP contribution in [0, 0.1) is 0 Å². The molecule has 2 aliphatic heterocycles. The maximum absolute atomic E-state index is 13.3. The van der Waals surface area contributed by atoms with Crippen molar-refractivity contribution >= 4 is 45.0 Å². The van der Waals surface area contributed by atoms with E-state index in [0.29, 0.717) is 19.1 Å². The van der Waals surface area contributed by atoms with Crippen LogP contribution in [0.15, 0.2) is 35.5 Å². The van der Waals surface area contributed by atoms with Crippen molar-refractivity contribution in [1.29, 1.82) is 0 Å². The lowest BCUT2D eigenvalue weighted by Gasteiger charge is -2.34. The molecule has 8 nitrogen and oxygen atoms in total. The van der Waals surface area contributed by atoms with Crippen molar-refractivity contribution in [1.82, 2.24) is 19.4 Å². The van der Waals surface area contributed by atoms with E-state index in [2.05, 4.69) is 10.2 Å². The standard InChI is InChI=1S/C21H28Cl2N4O4S/c1-25(2)15-6-3-4-11-26(12-9-15)19(28)14-17-21(29)24-10-13-27(17)32(30,31)18-8-5-7-16(22)20(18)23/h5,7-8,10,13,15,17H,3-4,6,9,11-12,14H2,1-2H3,(H,24,29)/t15?,17-/m1/s1. The fourth-order valence-corrected chi connectivity index (χ4v) is 6.23. The summed E-state index contributed by atoms with van der Waals surface area (Å²) in [6.45, 7) is 1.16. The molecule has 1 fully saturated rings. The average molecular weight is 503 g/mol. The number of rotatable bonds is 5. The van der Waals surface area contributed by atoms with E-state index in [4.69, 9.17) is 23.2 Å². The van der Waals surface area contributed by atoms with Crippen LogP contribution in [0.2, 0.25) is 10.0 Å². The Hall–Kier alpha value is -1.81. The molecule has 0 spiro atoms. The monoisotopic (exact) mass is 502 g/mol. The van der Waals surface area contributed by atoms with E-state index < -0.39 is 22.0 Å². The molecule has 1 N–H and O–H groups in total. The van der Waals surface area contributed by atoms with Gasteiger partial charge in [-0.1, -0.05) is 35.7 Å². The molecule has 2 atom stereocenters. The van der Waals surface area contributed by atoms with Crippen LogP contribution < -0.4 is 5.32 Å². The summed E-state index contributed by atoms with van der Waals surface area (Å²) >= 11 is 12.1. The largest absolute Gasteiger partial charge is 0.343 e. The van der Waals surface area contributed by atoms with Crippen LogP contribution >= 0.6 is 23.2 Å². The highest BCUT2D eigenvalue weighted by atomic mass is 35.5. The molecular formula is C21H28Cl2N4O4S. The number of sulfonamides is 1. The third-order valence-corrected chi connectivity index (χ3v) is 8.69. The number of likely N-dealkylation sites (tertiary alicyclic amines) is 1. The number of hydrogen-bond donors (Lipinski definition) is 1. The molecule has 2 aliphatic rings. The van der Waals surface area contributed by atoms with Gasteiger partial charge in [0.25, 0.3) is 10.0 Å². The Labute approximate surface area is 199 Å². The van der Waals surface area contributed by atoms with Gasteiger partial charge in [-0.3, -0.25) is 13.9 Å². The average Bonchev–Trinajstić information content (AvgIpc) is 2.70. The van der Waals surface area contributed by atoms with Gasteiger partial charge in [0.1, 0.15) is 10.9 Å². The van der Waals surface area contributed by atoms with Crippen LogP contribution in [-0.4, -0.2) is 73.6 Å². The number of carbonyl (C=O) groups excluding carboxylic acids is 2. The molecule has 0 radical (unpaired) electrons. The van der Waals surface area contributed by atoms with E-state index in [1.54, 1.807) is 4.90 Å². The zero-order valence-electron chi connectivity index (χ0n) is 18.1. The lowest BCUT2D eigenvalue weighted by atomic mass is 10.0. The Morgan fingerprint density at radius 1 is 1.19 bits per heavy atom.